The molecule has 20 heavy (non-hydrogen) atoms. The van der Waals surface area contributed by atoms with E-state index in [-0.39, 0.29) is 12.0 Å². The number of hydrogen-bond donors (Lipinski definition) is 2. The molecule has 1 aliphatic heterocycles. The lowest BCUT2D eigenvalue weighted by Crippen LogP contribution is -2.53. The van der Waals surface area contributed by atoms with Crippen LogP contribution in [0.1, 0.15) is 33.6 Å². The van der Waals surface area contributed by atoms with E-state index >= 15 is 0 Å². The second-order valence-electron chi connectivity index (χ2n) is 6.28. The standard InChI is InChI=1S/C14H27F3N2O/c1-4-13(20)11-5-12(18-9-14(15,16)17)8-19(7-11)6-10(2)3/h10-13,18,20H,4-9H2,1-3H3. The highest BCUT2D eigenvalue weighted by atomic mass is 19.4. The lowest BCUT2D eigenvalue weighted by molar-refractivity contribution is -0.127. The highest BCUT2D eigenvalue weighted by molar-refractivity contribution is 4.87. The van der Waals surface area contributed by atoms with Crippen LogP contribution in [0.5, 0.6) is 0 Å². The maximum absolute atomic E-state index is 12.3. The molecule has 0 saturated carbocycles. The van der Waals surface area contributed by atoms with Gasteiger partial charge >= 0.3 is 6.18 Å². The lowest BCUT2D eigenvalue weighted by Gasteiger charge is -2.40. The largest absolute Gasteiger partial charge is 0.401 e. The Morgan fingerprint density at radius 2 is 1.95 bits per heavy atom. The number of hydrogen-bond acceptors (Lipinski definition) is 3. The van der Waals surface area contributed by atoms with Crippen molar-refractivity contribution in [2.75, 3.05) is 26.2 Å². The van der Waals surface area contributed by atoms with Crippen LogP contribution in [0.4, 0.5) is 13.2 Å². The number of nitrogens with one attached hydrogen (secondary N) is 1. The Morgan fingerprint density at radius 3 is 2.45 bits per heavy atom. The van der Waals surface area contributed by atoms with E-state index in [1.54, 1.807) is 0 Å². The average molecular weight is 296 g/mol. The summed E-state index contributed by atoms with van der Waals surface area (Å²) < 4.78 is 36.9. The molecule has 1 aliphatic rings. The van der Waals surface area contributed by atoms with Gasteiger partial charge in [-0.2, -0.15) is 13.2 Å². The number of halogens is 3. The summed E-state index contributed by atoms with van der Waals surface area (Å²) in [7, 11) is 0. The SMILES string of the molecule is CCC(O)C1CC(NCC(F)(F)F)CN(CC(C)C)C1. The highest BCUT2D eigenvalue weighted by Gasteiger charge is 2.34. The van der Waals surface area contributed by atoms with E-state index in [0.29, 0.717) is 25.3 Å². The van der Waals surface area contributed by atoms with Crippen molar-refractivity contribution in [2.45, 2.75) is 51.9 Å². The van der Waals surface area contributed by atoms with Gasteiger partial charge < -0.3 is 15.3 Å². The highest BCUT2D eigenvalue weighted by Crippen LogP contribution is 2.23. The summed E-state index contributed by atoms with van der Waals surface area (Å²) in [4.78, 5) is 2.17. The first-order chi connectivity index (χ1) is 9.21. The molecule has 0 spiro atoms. The van der Waals surface area contributed by atoms with Gasteiger partial charge in [-0.15, -0.1) is 0 Å². The number of aliphatic hydroxyl groups excluding tert-OH is 1. The van der Waals surface area contributed by atoms with Crippen molar-refractivity contribution in [2.24, 2.45) is 11.8 Å². The number of aliphatic hydroxyl groups is 1. The van der Waals surface area contributed by atoms with E-state index < -0.39 is 18.8 Å². The Bertz CT molecular complexity index is 284. The topological polar surface area (TPSA) is 35.5 Å². The molecule has 1 saturated heterocycles. The van der Waals surface area contributed by atoms with Crippen LogP contribution in [-0.4, -0.2) is 54.5 Å². The third kappa shape index (κ3) is 6.41. The molecule has 0 bridgehead atoms. The molecule has 2 N–H and O–H groups in total. The predicted molar refractivity (Wildman–Crippen MR) is 73.5 cm³/mol. The molecule has 0 aromatic heterocycles. The molecule has 0 aromatic carbocycles. The molecule has 120 valence electrons. The molecule has 1 rings (SSSR count). The van der Waals surface area contributed by atoms with Crippen molar-refractivity contribution in [3.63, 3.8) is 0 Å². The Labute approximate surface area is 119 Å². The number of nitrogens with zero attached hydrogens (tertiary/aromatic N) is 1. The molecule has 0 radical (unpaired) electrons. The van der Waals surface area contributed by atoms with Crippen LogP contribution in [0.15, 0.2) is 0 Å². The zero-order chi connectivity index (χ0) is 15.3. The zero-order valence-corrected chi connectivity index (χ0v) is 12.6. The van der Waals surface area contributed by atoms with Gasteiger partial charge in [0.25, 0.3) is 0 Å². The maximum Gasteiger partial charge on any atom is 0.401 e. The first kappa shape index (κ1) is 17.7. The van der Waals surface area contributed by atoms with Gasteiger partial charge in [0, 0.05) is 25.7 Å². The summed E-state index contributed by atoms with van der Waals surface area (Å²) in [6.45, 7) is 7.40. The van der Waals surface area contributed by atoms with E-state index in [0.717, 1.165) is 13.1 Å². The van der Waals surface area contributed by atoms with E-state index in [1.807, 2.05) is 6.92 Å². The minimum absolute atomic E-state index is 0.0539. The van der Waals surface area contributed by atoms with Gasteiger partial charge in [-0.3, -0.25) is 0 Å². The van der Waals surface area contributed by atoms with Crippen LogP contribution < -0.4 is 5.32 Å². The molecular weight excluding hydrogens is 269 g/mol. The smallest absolute Gasteiger partial charge is 0.393 e. The van der Waals surface area contributed by atoms with Gasteiger partial charge in [0.1, 0.15) is 0 Å². The number of likely N-dealkylation sites (tertiary alicyclic amines) is 1. The number of piperidine rings is 1. The summed E-state index contributed by atoms with van der Waals surface area (Å²) in [6, 6.07) is -0.199. The minimum atomic E-state index is -4.18. The van der Waals surface area contributed by atoms with Gasteiger partial charge in [0.05, 0.1) is 12.6 Å². The van der Waals surface area contributed by atoms with Crippen LogP contribution in [0.2, 0.25) is 0 Å². The van der Waals surface area contributed by atoms with Crippen molar-refractivity contribution < 1.29 is 18.3 Å². The Kier molecular flexibility index (Phi) is 6.75. The number of alkyl halides is 3. The summed E-state index contributed by atoms with van der Waals surface area (Å²) in [5, 5.41) is 12.6. The van der Waals surface area contributed by atoms with E-state index in [1.165, 1.54) is 0 Å². The Morgan fingerprint density at radius 1 is 1.30 bits per heavy atom. The third-order valence-corrected chi connectivity index (χ3v) is 3.74. The van der Waals surface area contributed by atoms with Crippen LogP contribution in [0.3, 0.4) is 0 Å². The second-order valence-corrected chi connectivity index (χ2v) is 6.28. The fourth-order valence-corrected chi connectivity index (χ4v) is 2.92. The number of rotatable bonds is 6. The summed E-state index contributed by atoms with van der Waals surface area (Å²) in [5.74, 6) is 0.522. The van der Waals surface area contributed by atoms with E-state index in [4.69, 9.17) is 0 Å². The van der Waals surface area contributed by atoms with Crippen LogP contribution in [-0.2, 0) is 0 Å². The molecular formula is C14H27F3N2O. The van der Waals surface area contributed by atoms with Crippen molar-refractivity contribution in [1.29, 1.82) is 0 Å². The van der Waals surface area contributed by atoms with Gasteiger partial charge in [0.15, 0.2) is 0 Å². The fraction of sp³-hybridized carbons (Fsp3) is 1.00. The van der Waals surface area contributed by atoms with Crippen molar-refractivity contribution in [3.05, 3.63) is 0 Å². The first-order valence-electron chi connectivity index (χ1n) is 7.41. The molecule has 3 nitrogen and oxygen atoms in total. The molecule has 0 aliphatic carbocycles. The quantitative estimate of drug-likeness (QED) is 0.789. The van der Waals surface area contributed by atoms with Crippen LogP contribution in [0, 0.1) is 11.8 Å². The van der Waals surface area contributed by atoms with Crippen LogP contribution >= 0.6 is 0 Å². The molecule has 0 aromatic rings. The van der Waals surface area contributed by atoms with E-state index in [2.05, 4.69) is 24.1 Å². The molecule has 0 amide bonds. The second kappa shape index (κ2) is 7.61. The normalized spacial score (nSPS) is 27.0. The van der Waals surface area contributed by atoms with Crippen molar-refractivity contribution in [3.8, 4) is 0 Å². The zero-order valence-electron chi connectivity index (χ0n) is 12.6. The fourth-order valence-electron chi connectivity index (χ4n) is 2.92. The predicted octanol–water partition coefficient (Wildman–Crippen LogP) is 2.26. The summed E-state index contributed by atoms with van der Waals surface area (Å²) >= 11 is 0. The molecule has 3 atom stereocenters. The first-order valence-corrected chi connectivity index (χ1v) is 7.41. The summed E-state index contributed by atoms with van der Waals surface area (Å²) in [5.41, 5.74) is 0. The maximum atomic E-state index is 12.3. The van der Waals surface area contributed by atoms with Crippen molar-refractivity contribution in [1.82, 2.24) is 10.2 Å². The molecule has 3 unspecified atom stereocenters. The summed E-state index contributed by atoms with van der Waals surface area (Å²) in [6.07, 6.45) is -3.36. The molecule has 1 heterocycles. The minimum Gasteiger partial charge on any atom is -0.393 e. The lowest BCUT2D eigenvalue weighted by atomic mass is 9.88. The average Bonchev–Trinajstić information content (AvgIpc) is 2.33. The Hall–Kier alpha value is -0.330. The van der Waals surface area contributed by atoms with Gasteiger partial charge in [-0.05, 0) is 24.7 Å². The van der Waals surface area contributed by atoms with Gasteiger partial charge in [-0.1, -0.05) is 20.8 Å². The van der Waals surface area contributed by atoms with Gasteiger partial charge in [0.2, 0.25) is 0 Å². The van der Waals surface area contributed by atoms with E-state index in [9.17, 15) is 18.3 Å². The van der Waals surface area contributed by atoms with Gasteiger partial charge in [-0.25, -0.2) is 0 Å². The van der Waals surface area contributed by atoms with Crippen molar-refractivity contribution >= 4 is 0 Å². The third-order valence-electron chi connectivity index (χ3n) is 3.74. The van der Waals surface area contributed by atoms with Crippen LogP contribution in [0.25, 0.3) is 0 Å². The molecule has 6 heteroatoms. The Balaban J connectivity index is 2.59. The molecule has 1 fully saturated rings. The monoisotopic (exact) mass is 296 g/mol.